The first-order chi connectivity index (χ1) is 7.05. The molecular weight excluding hydrogens is 184 g/mol. The van der Waals surface area contributed by atoms with Gasteiger partial charge in [0, 0.05) is 13.0 Å². The number of rotatable bonds is 3. The molecule has 0 N–H and O–H groups in total. The SMILES string of the molecule is CC1(C)CCN(CC2(CC#N)CC2)CC1. The van der Waals surface area contributed by atoms with E-state index < -0.39 is 0 Å². The second-order valence-electron chi connectivity index (χ2n) is 6.28. The van der Waals surface area contributed by atoms with Crippen LogP contribution in [0.15, 0.2) is 0 Å². The molecule has 0 atom stereocenters. The second-order valence-corrected chi connectivity index (χ2v) is 6.28. The van der Waals surface area contributed by atoms with Gasteiger partial charge in [0.05, 0.1) is 6.07 Å². The Balaban J connectivity index is 1.80. The van der Waals surface area contributed by atoms with E-state index in [-0.39, 0.29) is 0 Å². The van der Waals surface area contributed by atoms with Gasteiger partial charge in [0.2, 0.25) is 0 Å². The van der Waals surface area contributed by atoms with E-state index in [1.807, 2.05) is 0 Å². The van der Waals surface area contributed by atoms with E-state index in [9.17, 15) is 0 Å². The van der Waals surface area contributed by atoms with Gasteiger partial charge in [0.1, 0.15) is 0 Å². The van der Waals surface area contributed by atoms with Gasteiger partial charge in [0.15, 0.2) is 0 Å². The number of hydrogen-bond donors (Lipinski definition) is 0. The Morgan fingerprint density at radius 1 is 1.13 bits per heavy atom. The zero-order chi connectivity index (χ0) is 10.9. The third-order valence-electron chi connectivity index (χ3n) is 4.18. The highest BCUT2D eigenvalue weighted by molar-refractivity contribution is 5.01. The van der Waals surface area contributed by atoms with Crippen LogP contribution in [-0.4, -0.2) is 24.5 Å². The third-order valence-corrected chi connectivity index (χ3v) is 4.18. The molecule has 0 bridgehead atoms. The van der Waals surface area contributed by atoms with E-state index >= 15 is 0 Å². The lowest BCUT2D eigenvalue weighted by Crippen LogP contribution is -2.40. The Morgan fingerprint density at radius 2 is 1.73 bits per heavy atom. The van der Waals surface area contributed by atoms with E-state index in [0.717, 1.165) is 6.42 Å². The van der Waals surface area contributed by atoms with Gasteiger partial charge in [0.25, 0.3) is 0 Å². The lowest BCUT2D eigenvalue weighted by atomic mass is 9.82. The molecule has 15 heavy (non-hydrogen) atoms. The van der Waals surface area contributed by atoms with Crippen LogP contribution in [0.3, 0.4) is 0 Å². The molecule has 84 valence electrons. The minimum absolute atomic E-state index is 0.399. The monoisotopic (exact) mass is 206 g/mol. The molecule has 1 heterocycles. The first-order valence-electron chi connectivity index (χ1n) is 6.15. The molecule has 2 aliphatic rings. The minimum Gasteiger partial charge on any atom is -0.303 e. The molecule has 2 fully saturated rings. The molecule has 1 saturated heterocycles. The van der Waals surface area contributed by atoms with Crippen LogP contribution >= 0.6 is 0 Å². The fourth-order valence-corrected chi connectivity index (χ4v) is 2.53. The fraction of sp³-hybridized carbons (Fsp3) is 0.923. The van der Waals surface area contributed by atoms with E-state index in [1.54, 1.807) is 0 Å². The quantitative estimate of drug-likeness (QED) is 0.710. The Labute approximate surface area is 93.3 Å². The first kappa shape index (κ1) is 11.0. The van der Waals surface area contributed by atoms with Crippen LogP contribution in [0, 0.1) is 22.2 Å². The molecule has 0 aromatic heterocycles. The molecule has 0 spiro atoms. The summed E-state index contributed by atoms with van der Waals surface area (Å²) < 4.78 is 0. The summed E-state index contributed by atoms with van der Waals surface area (Å²) in [6.45, 7) is 8.38. The van der Waals surface area contributed by atoms with Gasteiger partial charge in [-0.2, -0.15) is 5.26 Å². The van der Waals surface area contributed by atoms with Crippen LogP contribution < -0.4 is 0 Å². The summed E-state index contributed by atoms with van der Waals surface area (Å²) in [6.07, 6.45) is 5.96. The molecule has 0 aromatic rings. The number of likely N-dealkylation sites (tertiary alicyclic amines) is 1. The molecule has 1 aliphatic carbocycles. The van der Waals surface area contributed by atoms with Crippen LogP contribution in [0.1, 0.15) is 46.0 Å². The van der Waals surface area contributed by atoms with Crippen molar-refractivity contribution in [2.24, 2.45) is 10.8 Å². The molecule has 0 aromatic carbocycles. The van der Waals surface area contributed by atoms with Gasteiger partial charge in [-0.05, 0) is 49.6 Å². The third kappa shape index (κ3) is 2.72. The largest absolute Gasteiger partial charge is 0.303 e. The normalized spacial score (nSPS) is 28.3. The molecule has 1 saturated carbocycles. The molecule has 0 radical (unpaired) electrons. The van der Waals surface area contributed by atoms with Crippen molar-refractivity contribution < 1.29 is 0 Å². The van der Waals surface area contributed by atoms with Crippen molar-refractivity contribution in [1.29, 1.82) is 5.26 Å². The summed E-state index contributed by atoms with van der Waals surface area (Å²) in [7, 11) is 0. The van der Waals surface area contributed by atoms with Crippen molar-refractivity contribution in [1.82, 2.24) is 4.90 Å². The molecule has 2 rings (SSSR count). The van der Waals surface area contributed by atoms with E-state index in [0.29, 0.717) is 10.8 Å². The van der Waals surface area contributed by atoms with Crippen LogP contribution in [0.25, 0.3) is 0 Å². The smallest absolute Gasteiger partial charge is 0.0628 e. The molecule has 0 amide bonds. The lowest BCUT2D eigenvalue weighted by Gasteiger charge is -2.38. The molecule has 0 unspecified atom stereocenters. The number of nitrogens with zero attached hydrogens (tertiary/aromatic N) is 2. The summed E-state index contributed by atoms with van der Waals surface area (Å²) in [5, 5.41) is 8.79. The van der Waals surface area contributed by atoms with Crippen molar-refractivity contribution in [2.45, 2.75) is 46.0 Å². The average Bonchev–Trinajstić information content (AvgIpc) is 2.90. The lowest BCUT2D eigenvalue weighted by molar-refractivity contribution is 0.112. The standard InChI is InChI=1S/C13H22N2/c1-12(2)6-9-15(10-7-12)11-13(3-4-13)5-8-14/h3-7,9-11H2,1-2H3. The second kappa shape index (κ2) is 3.79. The molecule has 1 aliphatic heterocycles. The van der Waals surface area contributed by atoms with Gasteiger partial charge >= 0.3 is 0 Å². The highest BCUT2D eigenvalue weighted by Crippen LogP contribution is 2.49. The maximum Gasteiger partial charge on any atom is 0.0628 e. The summed E-state index contributed by atoms with van der Waals surface area (Å²) in [5.74, 6) is 0. The fourth-order valence-electron chi connectivity index (χ4n) is 2.53. The Kier molecular flexibility index (Phi) is 2.77. The summed E-state index contributed by atoms with van der Waals surface area (Å²) in [4.78, 5) is 2.58. The maximum absolute atomic E-state index is 8.79. The molecule has 2 heteroatoms. The molecular formula is C13H22N2. The van der Waals surface area contributed by atoms with Gasteiger partial charge < -0.3 is 4.90 Å². The van der Waals surface area contributed by atoms with E-state index in [1.165, 1.54) is 45.3 Å². The van der Waals surface area contributed by atoms with E-state index in [2.05, 4.69) is 24.8 Å². The zero-order valence-corrected chi connectivity index (χ0v) is 10.1. The minimum atomic E-state index is 0.399. The van der Waals surface area contributed by atoms with Crippen molar-refractivity contribution in [3.63, 3.8) is 0 Å². The van der Waals surface area contributed by atoms with Crippen molar-refractivity contribution >= 4 is 0 Å². The van der Waals surface area contributed by atoms with Gasteiger partial charge in [-0.25, -0.2) is 0 Å². The van der Waals surface area contributed by atoms with E-state index in [4.69, 9.17) is 5.26 Å². The van der Waals surface area contributed by atoms with Crippen molar-refractivity contribution in [3.05, 3.63) is 0 Å². The van der Waals surface area contributed by atoms with Crippen LogP contribution in [0.5, 0.6) is 0 Å². The predicted molar refractivity (Wildman–Crippen MR) is 61.4 cm³/mol. The zero-order valence-electron chi connectivity index (χ0n) is 10.1. The number of nitriles is 1. The maximum atomic E-state index is 8.79. The summed E-state index contributed by atoms with van der Waals surface area (Å²) >= 11 is 0. The first-order valence-corrected chi connectivity index (χ1v) is 6.15. The van der Waals surface area contributed by atoms with Gasteiger partial charge in [-0.15, -0.1) is 0 Å². The Morgan fingerprint density at radius 3 is 2.20 bits per heavy atom. The Bertz CT molecular complexity index is 261. The van der Waals surface area contributed by atoms with Crippen molar-refractivity contribution in [2.75, 3.05) is 19.6 Å². The summed E-state index contributed by atoms with van der Waals surface area (Å²) in [5.41, 5.74) is 0.943. The summed E-state index contributed by atoms with van der Waals surface area (Å²) in [6, 6.07) is 2.35. The Hall–Kier alpha value is -0.550. The van der Waals surface area contributed by atoms with Gasteiger partial charge in [-0.3, -0.25) is 0 Å². The topological polar surface area (TPSA) is 27.0 Å². The number of piperidine rings is 1. The number of hydrogen-bond acceptors (Lipinski definition) is 2. The highest BCUT2D eigenvalue weighted by atomic mass is 15.1. The predicted octanol–water partition coefficient (Wildman–Crippen LogP) is 2.80. The van der Waals surface area contributed by atoms with Crippen LogP contribution in [-0.2, 0) is 0 Å². The van der Waals surface area contributed by atoms with Crippen molar-refractivity contribution in [3.8, 4) is 6.07 Å². The van der Waals surface area contributed by atoms with Gasteiger partial charge in [-0.1, -0.05) is 13.8 Å². The van der Waals surface area contributed by atoms with Crippen LogP contribution in [0.4, 0.5) is 0 Å². The average molecular weight is 206 g/mol. The molecule has 2 nitrogen and oxygen atoms in total. The van der Waals surface area contributed by atoms with Crippen LogP contribution in [0.2, 0.25) is 0 Å². The highest BCUT2D eigenvalue weighted by Gasteiger charge is 2.44.